The fraction of sp³-hybridized carbons (Fsp3) is 0.294. The Kier molecular flexibility index (Phi) is 7.38. The molecule has 2 aromatic rings. The summed E-state index contributed by atoms with van der Waals surface area (Å²) in [7, 11) is -4.02. The summed E-state index contributed by atoms with van der Waals surface area (Å²) >= 11 is 0. The Balaban J connectivity index is 0.000000231. The zero-order chi connectivity index (χ0) is 17.5. The summed E-state index contributed by atoms with van der Waals surface area (Å²) in [5.74, 6) is 0.386. The minimum absolute atomic E-state index is 0.0335. The molecule has 6 heteroatoms. The average Bonchev–Trinajstić information content (AvgIpc) is 2.49. The van der Waals surface area contributed by atoms with E-state index < -0.39 is 10.1 Å². The molecule has 126 valence electrons. The number of benzene rings is 2. The highest BCUT2D eigenvalue weighted by atomic mass is 32.2. The molecule has 1 unspecified atom stereocenters. The lowest BCUT2D eigenvalue weighted by Gasteiger charge is -2.18. The van der Waals surface area contributed by atoms with Crippen molar-refractivity contribution in [3.8, 4) is 0 Å². The van der Waals surface area contributed by atoms with Gasteiger partial charge >= 0.3 is 0 Å². The first-order valence-electron chi connectivity index (χ1n) is 7.24. The Morgan fingerprint density at radius 1 is 0.957 bits per heavy atom. The van der Waals surface area contributed by atoms with Crippen LogP contribution in [0.4, 0.5) is 0 Å². The second-order valence-electron chi connectivity index (χ2n) is 5.55. The summed E-state index contributed by atoms with van der Waals surface area (Å²) in [6.45, 7) is 5.98. The van der Waals surface area contributed by atoms with Gasteiger partial charge in [0.25, 0.3) is 10.1 Å². The normalized spacial score (nSPS) is 12.4. The van der Waals surface area contributed by atoms with Crippen LogP contribution in [0.5, 0.6) is 0 Å². The lowest BCUT2D eigenvalue weighted by atomic mass is 9.97. The van der Waals surface area contributed by atoms with Crippen LogP contribution in [-0.2, 0) is 10.1 Å². The van der Waals surface area contributed by atoms with Crippen LogP contribution in [0.25, 0.3) is 0 Å². The van der Waals surface area contributed by atoms with Gasteiger partial charge in [-0.2, -0.15) is 13.9 Å². The summed E-state index contributed by atoms with van der Waals surface area (Å²) in [6.07, 6.45) is 0. The second-order valence-corrected chi connectivity index (χ2v) is 6.97. The lowest BCUT2D eigenvalue weighted by Crippen LogP contribution is -2.22. The van der Waals surface area contributed by atoms with Crippen molar-refractivity contribution in [3.63, 3.8) is 0 Å². The minimum Gasteiger partial charge on any atom is -0.316 e. The molecule has 0 aliphatic heterocycles. The van der Waals surface area contributed by atoms with E-state index in [2.05, 4.69) is 19.3 Å². The largest absolute Gasteiger partial charge is 0.316 e. The zero-order valence-electron chi connectivity index (χ0n) is 13.5. The first-order chi connectivity index (χ1) is 10.8. The molecular formula is C17H23NO4S. The number of hydrogen-bond acceptors (Lipinski definition) is 4. The predicted octanol–water partition coefficient (Wildman–Crippen LogP) is 3.60. The highest BCUT2D eigenvalue weighted by Gasteiger charge is 2.13. The van der Waals surface area contributed by atoms with E-state index in [0.29, 0.717) is 5.92 Å². The number of rotatable bonds is 4. The van der Waals surface area contributed by atoms with Gasteiger partial charge in [0.05, 0.1) is 10.9 Å². The SMILES string of the molecule is CC(C)C(NO)c1ccccc1.Cc1ccc(S(=O)(=O)O)cc1. The van der Waals surface area contributed by atoms with Gasteiger partial charge in [-0.15, -0.1) is 0 Å². The van der Waals surface area contributed by atoms with Crippen LogP contribution in [0.3, 0.4) is 0 Å². The summed E-state index contributed by atoms with van der Waals surface area (Å²) in [4.78, 5) is -0.0666. The molecule has 0 aromatic heterocycles. The van der Waals surface area contributed by atoms with Crippen LogP contribution >= 0.6 is 0 Å². The van der Waals surface area contributed by atoms with Crippen molar-refractivity contribution in [1.82, 2.24) is 5.48 Å². The molecule has 0 bridgehead atoms. The topological polar surface area (TPSA) is 86.6 Å². The fourth-order valence-electron chi connectivity index (χ4n) is 1.98. The summed E-state index contributed by atoms with van der Waals surface area (Å²) in [5.41, 5.74) is 4.39. The minimum atomic E-state index is -4.02. The Morgan fingerprint density at radius 2 is 1.48 bits per heavy atom. The van der Waals surface area contributed by atoms with E-state index in [1.165, 1.54) is 12.1 Å². The monoisotopic (exact) mass is 337 g/mol. The standard InChI is InChI=1S/C10H15NO.C7H8O3S/c1-8(2)10(11-12)9-6-4-3-5-7-9;1-6-2-4-7(5-3-6)11(8,9)10/h3-8,10-12H,1-2H3;2-5H,1H3,(H,8,9,10). The maximum Gasteiger partial charge on any atom is 0.294 e. The first kappa shape index (κ1) is 19.3. The molecule has 1 atom stereocenters. The number of nitrogens with one attached hydrogen (secondary N) is 1. The quantitative estimate of drug-likeness (QED) is 0.586. The summed E-state index contributed by atoms with van der Waals surface area (Å²) < 4.78 is 29.6. The molecular weight excluding hydrogens is 314 g/mol. The molecule has 5 nitrogen and oxygen atoms in total. The molecule has 0 heterocycles. The molecule has 0 fully saturated rings. The van der Waals surface area contributed by atoms with Gasteiger partial charge in [0.2, 0.25) is 0 Å². The molecule has 0 spiro atoms. The Morgan fingerprint density at radius 3 is 1.87 bits per heavy atom. The molecule has 3 N–H and O–H groups in total. The van der Waals surface area contributed by atoms with E-state index in [9.17, 15) is 8.42 Å². The van der Waals surface area contributed by atoms with Crippen molar-refractivity contribution in [2.45, 2.75) is 31.7 Å². The Labute approximate surface area is 137 Å². The van der Waals surface area contributed by atoms with Crippen LogP contribution in [-0.4, -0.2) is 18.2 Å². The van der Waals surface area contributed by atoms with Crippen LogP contribution in [0.15, 0.2) is 59.5 Å². The number of aryl methyl sites for hydroxylation is 1. The second kappa shape index (κ2) is 8.79. The van der Waals surface area contributed by atoms with Crippen molar-refractivity contribution in [1.29, 1.82) is 0 Å². The van der Waals surface area contributed by atoms with Gasteiger partial charge < -0.3 is 5.21 Å². The molecule has 2 rings (SSSR count). The summed E-state index contributed by atoms with van der Waals surface area (Å²) in [5, 5.41) is 8.90. The average molecular weight is 337 g/mol. The fourth-order valence-corrected chi connectivity index (χ4v) is 2.46. The third-order valence-electron chi connectivity index (χ3n) is 3.28. The smallest absolute Gasteiger partial charge is 0.294 e. The van der Waals surface area contributed by atoms with E-state index in [1.807, 2.05) is 37.3 Å². The highest BCUT2D eigenvalue weighted by molar-refractivity contribution is 7.85. The number of hydroxylamine groups is 1. The third kappa shape index (κ3) is 6.50. The van der Waals surface area contributed by atoms with Crippen LogP contribution < -0.4 is 5.48 Å². The summed E-state index contributed by atoms with van der Waals surface area (Å²) in [6, 6.07) is 16.0. The molecule has 23 heavy (non-hydrogen) atoms. The third-order valence-corrected chi connectivity index (χ3v) is 4.15. The van der Waals surface area contributed by atoms with Crippen molar-refractivity contribution in [2.24, 2.45) is 5.92 Å². The molecule has 0 amide bonds. The van der Waals surface area contributed by atoms with E-state index in [4.69, 9.17) is 9.76 Å². The van der Waals surface area contributed by atoms with Gasteiger partial charge in [-0.25, -0.2) is 0 Å². The maximum atomic E-state index is 10.5. The molecule has 0 radical (unpaired) electrons. The predicted molar refractivity (Wildman–Crippen MR) is 89.9 cm³/mol. The van der Waals surface area contributed by atoms with Gasteiger partial charge in [0.1, 0.15) is 0 Å². The molecule has 0 aliphatic rings. The Hall–Kier alpha value is -1.73. The van der Waals surface area contributed by atoms with Crippen molar-refractivity contribution >= 4 is 10.1 Å². The van der Waals surface area contributed by atoms with Gasteiger partial charge in [0.15, 0.2) is 0 Å². The molecule has 0 saturated heterocycles. The first-order valence-corrected chi connectivity index (χ1v) is 8.68. The van der Waals surface area contributed by atoms with Crippen molar-refractivity contribution < 1.29 is 18.2 Å². The van der Waals surface area contributed by atoms with Gasteiger partial charge in [-0.05, 0) is 30.5 Å². The molecule has 0 aliphatic carbocycles. The van der Waals surface area contributed by atoms with Crippen molar-refractivity contribution in [2.75, 3.05) is 0 Å². The van der Waals surface area contributed by atoms with Crippen molar-refractivity contribution in [3.05, 3.63) is 65.7 Å². The highest BCUT2D eigenvalue weighted by Crippen LogP contribution is 2.19. The Bertz CT molecular complexity index is 682. The van der Waals surface area contributed by atoms with Gasteiger partial charge in [-0.3, -0.25) is 4.55 Å². The number of hydrogen-bond donors (Lipinski definition) is 3. The van der Waals surface area contributed by atoms with E-state index in [-0.39, 0.29) is 10.9 Å². The van der Waals surface area contributed by atoms with Crippen LogP contribution in [0.2, 0.25) is 0 Å². The molecule has 2 aromatic carbocycles. The van der Waals surface area contributed by atoms with Crippen LogP contribution in [0, 0.1) is 12.8 Å². The molecule has 0 saturated carbocycles. The zero-order valence-corrected chi connectivity index (χ0v) is 14.3. The lowest BCUT2D eigenvalue weighted by molar-refractivity contribution is 0.105. The van der Waals surface area contributed by atoms with Crippen LogP contribution in [0.1, 0.15) is 31.0 Å². The van der Waals surface area contributed by atoms with E-state index >= 15 is 0 Å². The van der Waals surface area contributed by atoms with Gasteiger partial charge in [-0.1, -0.05) is 61.9 Å². The van der Waals surface area contributed by atoms with Gasteiger partial charge in [0, 0.05) is 0 Å². The maximum absolute atomic E-state index is 10.5. The van der Waals surface area contributed by atoms with E-state index in [1.54, 1.807) is 12.1 Å². The van der Waals surface area contributed by atoms with E-state index in [0.717, 1.165) is 11.1 Å².